The molecule has 1 heterocycles. The number of hydrogen-bond acceptors (Lipinski definition) is 3. The fourth-order valence-corrected chi connectivity index (χ4v) is 2.47. The standard InChI is InChI=1S/C9H11NOS/c1-5(11)7-3-8(7)9-4-10-6(2)12-9/h4,7-8H,3H2,1-2H3. The molecule has 2 atom stereocenters. The summed E-state index contributed by atoms with van der Waals surface area (Å²) in [5.41, 5.74) is 0. The van der Waals surface area contributed by atoms with Crippen LogP contribution in [-0.4, -0.2) is 10.8 Å². The second-order valence-electron chi connectivity index (χ2n) is 3.34. The van der Waals surface area contributed by atoms with Crippen LogP contribution in [0.3, 0.4) is 0 Å². The molecule has 1 aliphatic carbocycles. The van der Waals surface area contributed by atoms with E-state index in [2.05, 4.69) is 4.98 Å². The lowest BCUT2D eigenvalue weighted by Gasteiger charge is -1.89. The van der Waals surface area contributed by atoms with Crippen LogP contribution in [0, 0.1) is 12.8 Å². The van der Waals surface area contributed by atoms with Crippen molar-refractivity contribution in [2.75, 3.05) is 0 Å². The van der Waals surface area contributed by atoms with Crippen LogP contribution in [0.25, 0.3) is 0 Å². The first-order valence-corrected chi connectivity index (χ1v) is 4.93. The average molecular weight is 181 g/mol. The van der Waals surface area contributed by atoms with Gasteiger partial charge in [-0.15, -0.1) is 11.3 Å². The first kappa shape index (κ1) is 7.92. The smallest absolute Gasteiger partial charge is 0.133 e. The van der Waals surface area contributed by atoms with Gasteiger partial charge in [-0.1, -0.05) is 0 Å². The second kappa shape index (κ2) is 2.66. The molecule has 1 aromatic rings. The summed E-state index contributed by atoms with van der Waals surface area (Å²) in [5, 5.41) is 1.10. The van der Waals surface area contributed by atoms with Crippen LogP contribution in [0.5, 0.6) is 0 Å². The summed E-state index contributed by atoms with van der Waals surface area (Å²) in [5.74, 6) is 1.12. The first-order valence-electron chi connectivity index (χ1n) is 4.11. The fourth-order valence-electron chi connectivity index (χ4n) is 1.51. The Bertz CT molecular complexity index is 318. The molecule has 2 unspecified atom stereocenters. The van der Waals surface area contributed by atoms with Gasteiger partial charge in [0.25, 0.3) is 0 Å². The number of carbonyl (C=O) groups is 1. The van der Waals surface area contributed by atoms with Crippen LogP contribution in [0.2, 0.25) is 0 Å². The van der Waals surface area contributed by atoms with Crippen molar-refractivity contribution in [2.24, 2.45) is 5.92 Å². The van der Waals surface area contributed by atoms with Crippen LogP contribution >= 0.6 is 11.3 Å². The van der Waals surface area contributed by atoms with Crippen LogP contribution < -0.4 is 0 Å². The molecule has 0 aliphatic heterocycles. The zero-order valence-electron chi connectivity index (χ0n) is 7.20. The maximum Gasteiger partial charge on any atom is 0.133 e. The van der Waals surface area contributed by atoms with Gasteiger partial charge in [0.15, 0.2) is 0 Å². The van der Waals surface area contributed by atoms with Crippen molar-refractivity contribution in [1.82, 2.24) is 4.98 Å². The van der Waals surface area contributed by atoms with Gasteiger partial charge in [-0.2, -0.15) is 0 Å². The minimum atomic E-state index is 0.296. The Morgan fingerprint density at radius 2 is 2.50 bits per heavy atom. The lowest BCUT2D eigenvalue weighted by atomic mass is 10.2. The van der Waals surface area contributed by atoms with Crippen molar-refractivity contribution in [3.05, 3.63) is 16.1 Å². The fraction of sp³-hybridized carbons (Fsp3) is 0.556. The molecule has 0 amide bonds. The summed E-state index contributed by atoms with van der Waals surface area (Å²) in [7, 11) is 0. The van der Waals surface area contributed by atoms with Gasteiger partial charge < -0.3 is 0 Å². The van der Waals surface area contributed by atoms with Crippen molar-refractivity contribution in [1.29, 1.82) is 0 Å². The highest BCUT2D eigenvalue weighted by atomic mass is 32.1. The van der Waals surface area contributed by atoms with E-state index in [0.717, 1.165) is 11.4 Å². The predicted octanol–water partition coefficient (Wildman–Crippen LogP) is 2.14. The second-order valence-corrected chi connectivity index (χ2v) is 4.61. The summed E-state index contributed by atoms with van der Waals surface area (Å²) in [6.45, 7) is 3.68. The molecule has 12 heavy (non-hydrogen) atoms. The molecule has 0 aromatic carbocycles. The van der Waals surface area contributed by atoms with Crippen molar-refractivity contribution < 1.29 is 4.79 Å². The van der Waals surface area contributed by atoms with E-state index in [0.29, 0.717) is 17.6 Å². The van der Waals surface area contributed by atoms with Gasteiger partial charge in [0.05, 0.1) is 5.01 Å². The SMILES string of the molecule is CC(=O)C1CC1c1cnc(C)s1. The number of nitrogens with zero attached hydrogens (tertiary/aromatic N) is 1. The number of aryl methyl sites for hydroxylation is 1. The quantitative estimate of drug-likeness (QED) is 0.699. The topological polar surface area (TPSA) is 30.0 Å². The van der Waals surface area contributed by atoms with Crippen LogP contribution in [-0.2, 0) is 4.79 Å². The summed E-state index contributed by atoms with van der Waals surface area (Å²) < 4.78 is 0. The zero-order valence-corrected chi connectivity index (χ0v) is 8.02. The number of rotatable bonds is 2. The number of ketones is 1. The van der Waals surface area contributed by atoms with Crippen LogP contribution in [0.1, 0.15) is 29.1 Å². The largest absolute Gasteiger partial charge is 0.300 e. The van der Waals surface area contributed by atoms with Gasteiger partial charge >= 0.3 is 0 Å². The predicted molar refractivity (Wildman–Crippen MR) is 48.4 cm³/mol. The molecule has 0 radical (unpaired) electrons. The molecule has 64 valence electrons. The Morgan fingerprint density at radius 3 is 2.92 bits per heavy atom. The van der Waals surface area contributed by atoms with Gasteiger partial charge in [0, 0.05) is 22.9 Å². The average Bonchev–Trinajstić information content (AvgIpc) is 2.70. The van der Waals surface area contributed by atoms with Gasteiger partial charge in [0.2, 0.25) is 0 Å². The Labute approximate surface area is 75.6 Å². The third-order valence-electron chi connectivity index (χ3n) is 2.32. The van der Waals surface area contributed by atoms with E-state index in [9.17, 15) is 4.79 Å². The van der Waals surface area contributed by atoms with E-state index in [1.807, 2.05) is 13.1 Å². The lowest BCUT2D eigenvalue weighted by molar-refractivity contribution is -0.118. The summed E-state index contributed by atoms with van der Waals surface area (Å²) in [4.78, 5) is 16.4. The van der Waals surface area contributed by atoms with Gasteiger partial charge in [-0.25, -0.2) is 4.98 Å². The third-order valence-corrected chi connectivity index (χ3v) is 3.36. The molecule has 1 fully saturated rings. The van der Waals surface area contributed by atoms with Crippen LogP contribution in [0.4, 0.5) is 0 Å². The minimum Gasteiger partial charge on any atom is -0.300 e. The van der Waals surface area contributed by atoms with Gasteiger partial charge in [-0.3, -0.25) is 4.79 Å². The molecule has 1 aliphatic rings. The van der Waals surface area contributed by atoms with Crippen molar-refractivity contribution in [3.63, 3.8) is 0 Å². The number of hydrogen-bond donors (Lipinski definition) is 0. The highest BCUT2D eigenvalue weighted by molar-refractivity contribution is 7.11. The van der Waals surface area contributed by atoms with E-state index < -0.39 is 0 Å². The summed E-state index contributed by atoms with van der Waals surface area (Å²) in [6.07, 6.45) is 2.95. The van der Waals surface area contributed by atoms with Crippen molar-refractivity contribution in [2.45, 2.75) is 26.2 Å². The maximum atomic E-state index is 11.0. The molecule has 2 rings (SSSR count). The minimum absolute atomic E-state index is 0.296. The molecule has 0 spiro atoms. The van der Waals surface area contributed by atoms with E-state index in [1.165, 1.54) is 4.88 Å². The lowest BCUT2D eigenvalue weighted by Crippen LogP contribution is -1.93. The normalized spacial score (nSPS) is 27.2. The highest BCUT2D eigenvalue weighted by Crippen LogP contribution is 2.49. The number of carbonyl (C=O) groups excluding carboxylic acids is 1. The van der Waals surface area contributed by atoms with E-state index in [4.69, 9.17) is 0 Å². The van der Waals surface area contributed by atoms with E-state index in [-0.39, 0.29) is 0 Å². The Morgan fingerprint density at radius 1 is 1.75 bits per heavy atom. The van der Waals surface area contributed by atoms with E-state index >= 15 is 0 Å². The van der Waals surface area contributed by atoms with Gasteiger partial charge in [0.1, 0.15) is 5.78 Å². The molecule has 0 bridgehead atoms. The number of thiazole rings is 1. The molecule has 0 N–H and O–H groups in total. The molecular weight excluding hydrogens is 170 g/mol. The first-order chi connectivity index (χ1) is 5.68. The molecular formula is C9H11NOS. The molecule has 2 nitrogen and oxygen atoms in total. The molecule has 1 saturated carbocycles. The van der Waals surface area contributed by atoms with Crippen molar-refractivity contribution >= 4 is 17.1 Å². The monoisotopic (exact) mass is 181 g/mol. The molecule has 1 aromatic heterocycles. The highest BCUT2D eigenvalue weighted by Gasteiger charge is 2.42. The third kappa shape index (κ3) is 1.29. The Balaban J connectivity index is 2.10. The van der Waals surface area contributed by atoms with Crippen molar-refractivity contribution in [3.8, 4) is 0 Å². The van der Waals surface area contributed by atoms with E-state index in [1.54, 1.807) is 18.3 Å². The Kier molecular flexibility index (Phi) is 1.76. The maximum absolute atomic E-state index is 11.0. The zero-order chi connectivity index (χ0) is 8.72. The molecule has 0 saturated heterocycles. The number of Topliss-reactive ketones (excluding diaryl/α,β-unsaturated/α-hetero) is 1. The summed E-state index contributed by atoms with van der Waals surface area (Å²) >= 11 is 1.72. The Hall–Kier alpha value is -0.700. The molecule has 3 heteroatoms. The summed E-state index contributed by atoms with van der Waals surface area (Å²) in [6, 6.07) is 0. The van der Waals surface area contributed by atoms with Crippen LogP contribution in [0.15, 0.2) is 6.20 Å². The van der Waals surface area contributed by atoms with Gasteiger partial charge in [-0.05, 0) is 20.3 Å². The number of aromatic nitrogens is 1.